The van der Waals surface area contributed by atoms with Crippen LogP contribution in [0.1, 0.15) is 14.2 Å². The van der Waals surface area contributed by atoms with Gasteiger partial charge >= 0.3 is 0 Å². The quantitative estimate of drug-likeness (QED) is 0.666. The molecule has 0 radical (unpaired) electrons. The molecule has 7 saturated carbocycles. The molecule has 7 aliphatic carbocycles. The van der Waals surface area contributed by atoms with E-state index < -0.39 is 11.7 Å². The van der Waals surface area contributed by atoms with Crippen molar-refractivity contribution in [3.8, 4) is 0 Å². The van der Waals surface area contributed by atoms with Crippen molar-refractivity contribution in [2.75, 3.05) is 0 Å². The predicted octanol–water partition coefficient (Wildman–Crippen LogP) is 0.619. The van der Waals surface area contributed by atoms with Gasteiger partial charge in [0.25, 0.3) is 0 Å². The van der Waals surface area contributed by atoms with Gasteiger partial charge in [0.1, 0.15) is 0 Å². The van der Waals surface area contributed by atoms with Crippen LogP contribution in [0.4, 0.5) is 0 Å². The van der Waals surface area contributed by atoms with Crippen molar-refractivity contribution in [3.63, 3.8) is 0 Å². The summed E-state index contributed by atoms with van der Waals surface area (Å²) >= 11 is 0. The van der Waals surface area contributed by atoms with Crippen molar-refractivity contribution < 1.29 is 16.0 Å². The number of rotatable bonds is 0. The van der Waals surface area contributed by atoms with Crippen molar-refractivity contribution in [3.05, 3.63) is 0 Å². The highest BCUT2D eigenvalue weighted by molar-refractivity contribution is 5.43. The molecule has 3 nitrogen and oxygen atoms in total. The first kappa shape index (κ1) is 7.46. The molecular weight excluding hydrogens is 216 g/mol. The van der Waals surface area contributed by atoms with Gasteiger partial charge in [-0.15, -0.1) is 0 Å². The molecule has 1 heterocycles. The Morgan fingerprint density at radius 2 is 1.53 bits per heavy atom. The maximum atomic E-state index is 9.70. The maximum Gasteiger partial charge on any atom is 0.175 e. The van der Waals surface area contributed by atoms with Crippen molar-refractivity contribution in [2.45, 2.75) is 36.9 Å². The third-order valence-corrected chi connectivity index (χ3v) is 7.46. The van der Waals surface area contributed by atoms with Gasteiger partial charge in [-0.2, -0.15) is 0 Å². The largest absolute Gasteiger partial charge is 0.393 e. The zero-order valence-electron chi connectivity index (χ0n) is 10.5. The molecule has 0 amide bonds. The second kappa shape index (κ2) is 1.91. The lowest BCUT2D eigenvalue weighted by Gasteiger charge is -2.83. The second-order valence-electron chi connectivity index (χ2n) is 7.45. The minimum atomic E-state index is -0.545. The van der Waals surface area contributed by atoms with E-state index in [9.17, 15) is 5.11 Å². The van der Waals surface area contributed by atoms with Gasteiger partial charge in [0.05, 0.1) is 18.3 Å². The Balaban J connectivity index is 1.38. The number of fused-ring (bicyclic) bond motifs is 1. The van der Waals surface area contributed by atoms with Gasteiger partial charge in [0, 0.05) is 26.0 Å². The number of aliphatic hydroxyl groups excluding tert-OH is 1. The summed E-state index contributed by atoms with van der Waals surface area (Å²) in [6.07, 6.45) is 1.31. The molecule has 8 rings (SSSR count). The molecule has 1 N–H and O–H groups in total. The van der Waals surface area contributed by atoms with Crippen LogP contribution in [0.2, 0.25) is 0 Å². The van der Waals surface area contributed by atoms with Gasteiger partial charge in [-0.3, -0.25) is 0 Å². The molecule has 8 aliphatic rings. The lowest BCUT2D eigenvalue weighted by Crippen LogP contribution is -2.81. The van der Waals surface area contributed by atoms with E-state index in [0.29, 0.717) is 30.6 Å². The van der Waals surface area contributed by atoms with Crippen LogP contribution in [0.15, 0.2) is 0 Å². The Hall–Kier alpha value is -0.120. The lowest BCUT2D eigenvalue weighted by molar-refractivity contribution is -0.379. The number of ether oxygens (including phenoxy) is 2. The SMILES string of the molecule is [2H]C12C3C4C5C(C4C14O[C@H]1CC(O)C[C@H]1O4)C2C53. The number of aliphatic hydroxyl groups is 1. The highest BCUT2D eigenvalue weighted by atomic mass is 16.8. The molecule has 1 spiro atoms. The van der Waals surface area contributed by atoms with Crippen LogP contribution < -0.4 is 0 Å². The summed E-state index contributed by atoms with van der Waals surface area (Å²) in [6.45, 7) is 0. The second-order valence-corrected chi connectivity index (χ2v) is 7.45. The first-order chi connectivity index (χ1) is 8.68. The minimum absolute atomic E-state index is 0.0669. The van der Waals surface area contributed by atoms with E-state index >= 15 is 0 Å². The van der Waals surface area contributed by atoms with Crippen LogP contribution in [0.5, 0.6) is 0 Å². The monoisotopic (exact) mass is 233 g/mol. The van der Waals surface area contributed by atoms with Gasteiger partial charge in [0.15, 0.2) is 5.79 Å². The third kappa shape index (κ3) is 0.504. The fourth-order valence-electron chi connectivity index (χ4n) is 7.26. The Labute approximate surface area is 101 Å². The normalized spacial score (nSPS) is 92.2. The molecular formula is C14H16O3. The summed E-state index contributed by atoms with van der Waals surface area (Å²) in [7, 11) is 0. The Morgan fingerprint density at radius 3 is 2.06 bits per heavy atom. The Bertz CT molecular complexity index is 487. The summed E-state index contributed by atoms with van der Waals surface area (Å²) in [5.41, 5.74) is 0. The van der Waals surface area contributed by atoms with Crippen molar-refractivity contribution >= 4 is 0 Å². The smallest absolute Gasteiger partial charge is 0.175 e. The van der Waals surface area contributed by atoms with E-state index in [1.165, 1.54) is 0 Å². The van der Waals surface area contributed by atoms with Crippen LogP contribution >= 0.6 is 0 Å². The molecule has 0 aromatic carbocycles. The van der Waals surface area contributed by atoms with Gasteiger partial charge in [0.2, 0.25) is 0 Å². The molecule has 90 valence electrons. The van der Waals surface area contributed by atoms with Crippen LogP contribution in [-0.2, 0) is 9.47 Å². The van der Waals surface area contributed by atoms with Gasteiger partial charge in [-0.1, -0.05) is 0 Å². The predicted molar refractivity (Wildman–Crippen MR) is 55.6 cm³/mol. The standard InChI is InChI=1S/C14H16O3/c15-3-1-4-5(2-3)17-14(16-4)12-8-6-7-10(8)13(14)11(7)9(6)12/h3-13,15H,1-2H2/t3?,4-,5+,6?,7?,8?,9?,10?,11?,12?,13?,14?/i12D. The third-order valence-electron chi connectivity index (χ3n) is 7.46. The van der Waals surface area contributed by atoms with E-state index in [2.05, 4.69) is 0 Å². The highest BCUT2D eigenvalue weighted by Gasteiger charge is 2.99. The lowest BCUT2D eigenvalue weighted by atomic mass is 9.20. The number of hydrogen-bond donors (Lipinski definition) is 1. The summed E-state index contributed by atoms with van der Waals surface area (Å²) < 4.78 is 21.6. The Kier molecular flexibility index (Phi) is 0.840. The van der Waals surface area contributed by atoms with Gasteiger partial charge in [-0.05, 0) is 35.5 Å². The van der Waals surface area contributed by atoms with Crippen LogP contribution in [0, 0.1) is 47.3 Å². The summed E-state index contributed by atoms with van der Waals surface area (Å²) in [5.74, 6) is 4.18. The molecule has 0 aromatic rings. The molecule has 6 unspecified atom stereocenters. The van der Waals surface area contributed by atoms with Gasteiger partial charge < -0.3 is 14.6 Å². The van der Waals surface area contributed by atoms with Crippen LogP contribution in [0.25, 0.3) is 0 Å². The van der Waals surface area contributed by atoms with Crippen LogP contribution in [-0.4, -0.2) is 29.2 Å². The molecule has 1 aliphatic heterocycles. The number of hydrogen-bond acceptors (Lipinski definition) is 3. The summed E-state index contributed by atoms with van der Waals surface area (Å²) in [5, 5.41) is 9.70. The first-order valence-electron chi connectivity index (χ1n) is 7.72. The molecule has 3 heteroatoms. The molecule has 1 saturated heterocycles. The van der Waals surface area contributed by atoms with E-state index in [1.54, 1.807) is 0 Å². The molecule has 2 bridgehead atoms. The Morgan fingerprint density at radius 1 is 0.941 bits per heavy atom. The minimum Gasteiger partial charge on any atom is -0.393 e. The summed E-state index contributed by atoms with van der Waals surface area (Å²) in [6, 6.07) is 0. The van der Waals surface area contributed by atoms with E-state index in [1.807, 2.05) is 0 Å². The molecule has 8 atom stereocenters. The fraction of sp³-hybridized carbons (Fsp3) is 1.00. The molecule has 8 fully saturated rings. The fourth-order valence-corrected chi connectivity index (χ4v) is 7.26. The average molecular weight is 233 g/mol. The van der Waals surface area contributed by atoms with Crippen molar-refractivity contribution in [1.29, 1.82) is 0 Å². The zero-order chi connectivity index (χ0) is 11.6. The van der Waals surface area contributed by atoms with E-state index in [-0.39, 0.29) is 18.3 Å². The zero-order valence-corrected chi connectivity index (χ0v) is 9.45. The maximum absolute atomic E-state index is 9.70. The van der Waals surface area contributed by atoms with Gasteiger partial charge in [-0.25, -0.2) is 0 Å². The molecule has 0 aromatic heterocycles. The first-order valence-corrected chi connectivity index (χ1v) is 7.22. The van der Waals surface area contributed by atoms with Crippen molar-refractivity contribution in [2.24, 2.45) is 47.3 Å². The molecule has 17 heavy (non-hydrogen) atoms. The van der Waals surface area contributed by atoms with E-state index in [0.717, 1.165) is 23.7 Å². The van der Waals surface area contributed by atoms with E-state index in [4.69, 9.17) is 10.8 Å². The summed E-state index contributed by atoms with van der Waals surface area (Å²) in [4.78, 5) is 0. The van der Waals surface area contributed by atoms with Crippen LogP contribution in [0.3, 0.4) is 0 Å². The average Bonchev–Trinajstić information content (AvgIpc) is 2.81. The topological polar surface area (TPSA) is 38.7 Å². The highest BCUT2D eigenvalue weighted by Crippen LogP contribution is 2.97. The van der Waals surface area contributed by atoms with Crippen molar-refractivity contribution in [1.82, 2.24) is 0 Å².